The van der Waals surface area contributed by atoms with Gasteiger partial charge in [-0.1, -0.05) is 13.8 Å². The van der Waals surface area contributed by atoms with Crippen LogP contribution in [0.3, 0.4) is 0 Å². The van der Waals surface area contributed by atoms with E-state index in [1.54, 1.807) is 0 Å². The molecule has 2 aliphatic heterocycles. The Bertz CT molecular complexity index is 267. The lowest BCUT2D eigenvalue weighted by Gasteiger charge is -2.31. The first-order chi connectivity index (χ1) is 8.16. The second-order valence-electron chi connectivity index (χ2n) is 6.06. The first-order valence-corrected chi connectivity index (χ1v) is 7.16. The van der Waals surface area contributed by atoms with E-state index in [0.717, 1.165) is 38.5 Å². The standard InChI is InChI=1S/C14H26N2O/c1-11-4-3-6-16(7-5-11)14(17)13-8-12(2)9-15-10-13/h11-13,15H,3-10H2,1-2H3. The van der Waals surface area contributed by atoms with E-state index < -0.39 is 0 Å². The number of hydrogen-bond acceptors (Lipinski definition) is 2. The SMILES string of the molecule is CC1CCCN(C(=O)C2CNCC(C)C2)CC1. The van der Waals surface area contributed by atoms with Gasteiger partial charge in [0.15, 0.2) is 0 Å². The Morgan fingerprint density at radius 3 is 2.71 bits per heavy atom. The van der Waals surface area contributed by atoms with Crippen LogP contribution >= 0.6 is 0 Å². The van der Waals surface area contributed by atoms with Crippen LogP contribution in [-0.4, -0.2) is 37.0 Å². The molecular formula is C14H26N2O. The second-order valence-corrected chi connectivity index (χ2v) is 6.06. The normalized spacial score (nSPS) is 35.4. The van der Waals surface area contributed by atoms with Gasteiger partial charge in [-0.25, -0.2) is 0 Å². The summed E-state index contributed by atoms with van der Waals surface area (Å²) in [6.45, 7) is 8.45. The molecule has 2 heterocycles. The van der Waals surface area contributed by atoms with Crippen molar-refractivity contribution in [2.45, 2.75) is 39.5 Å². The van der Waals surface area contributed by atoms with Crippen LogP contribution in [0.5, 0.6) is 0 Å². The summed E-state index contributed by atoms with van der Waals surface area (Å²) in [5.41, 5.74) is 0. The number of nitrogens with one attached hydrogen (secondary N) is 1. The van der Waals surface area contributed by atoms with Gasteiger partial charge in [-0.15, -0.1) is 0 Å². The first-order valence-electron chi connectivity index (χ1n) is 7.16. The molecule has 3 heteroatoms. The lowest BCUT2D eigenvalue weighted by molar-refractivity contribution is -0.136. The van der Waals surface area contributed by atoms with Crippen LogP contribution in [0.25, 0.3) is 0 Å². The lowest BCUT2D eigenvalue weighted by Crippen LogP contribution is -2.45. The Morgan fingerprint density at radius 1 is 1.12 bits per heavy atom. The Hall–Kier alpha value is -0.570. The van der Waals surface area contributed by atoms with E-state index in [0.29, 0.717) is 11.8 Å². The van der Waals surface area contributed by atoms with Crippen molar-refractivity contribution >= 4 is 5.91 Å². The van der Waals surface area contributed by atoms with E-state index in [2.05, 4.69) is 24.1 Å². The molecule has 2 saturated heterocycles. The second kappa shape index (κ2) is 5.85. The summed E-state index contributed by atoms with van der Waals surface area (Å²) in [5.74, 6) is 2.06. The van der Waals surface area contributed by atoms with Gasteiger partial charge in [-0.2, -0.15) is 0 Å². The largest absolute Gasteiger partial charge is 0.342 e. The summed E-state index contributed by atoms with van der Waals surface area (Å²) in [6, 6.07) is 0. The highest BCUT2D eigenvalue weighted by Gasteiger charge is 2.29. The fourth-order valence-electron chi connectivity index (χ4n) is 3.09. The highest BCUT2D eigenvalue weighted by Crippen LogP contribution is 2.22. The summed E-state index contributed by atoms with van der Waals surface area (Å²) < 4.78 is 0. The summed E-state index contributed by atoms with van der Waals surface area (Å²) in [4.78, 5) is 14.6. The minimum absolute atomic E-state index is 0.229. The smallest absolute Gasteiger partial charge is 0.226 e. The zero-order valence-electron chi connectivity index (χ0n) is 11.2. The zero-order chi connectivity index (χ0) is 12.3. The van der Waals surface area contributed by atoms with Crippen molar-refractivity contribution in [2.24, 2.45) is 17.8 Å². The number of rotatable bonds is 1. The van der Waals surface area contributed by atoms with Crippen LogP contribution in [0.2, 0.25) is 0 Å². The average molecular weight is 238 g/mol. The summed E-state index contributed by atoms with van der Waals surface area (Å²) in [6.07, 6.45) is 4.71. The number of likely N-dealkylation sites (tertiary alicyclic amines) is 1. The Morgan fingerprint density at radius 2 is 1.94 bits per heavy atom. The minimum Gasteiger partial charge on any atom is -0.342 e. The topological polar surface area (TPSA) is 32.3 Å². The summed E-state index contributed by atoms with van der Waals surface area (Å²) >= 11 is 0. The molecule has 2 aliphatic rings. The van der Waals surface area contributed by atoms with Crippen molar-refractivity contribution in [3.8, 4) is 0 Å². The molecule has 1 N–H and O–H groups in total. The fraction of sp³-hybridized carbons (Fsp3) is 0.929. The molecule has 0 aliphatic carbocycles. The van der Waals surface area contributed by atoms with Gasteiger partial charge < -0.3 is 10.2 Å². The number of nitrogens with zero attached hydrogens (tertiary/aromatic N) is 1. The molecule has 0 aromatic heterocycles. The van der Waals surface area contributed by atoms with Crippen LogP contribution in [0, 0.1) is 17.8 Å². The van der Waals surface area contributed by atoms with Crippen LogP contribution < -0.4 is 5.32 Å². The van der Waals surface area contributed by atoms with Gasteiger partial charge in [-0.3, -0.25) is 4.79 Å². The van der Waals surface area contributed by atoms with Gasteiger partial charge in [0.05, 0.1) is 5.92 Å². The van der Waals surface area contributed by atoms with Crippen molar-refractivity contribution < 1.29 is 4.79 Å². The molecule has 0 saturated carbocycles. The maximum absolute atomic E-state index is 12.4. The molecule has 0 radical (unpaired) electrons. The molecule has 3 nitrogen and oxygen atoms in total. The predicted octanol–water partition coefficient (Wildman–Crippen LogP) is 1.88. The molecule has 2 fully saturated rings. The summed E-state index contributed by atoms with van der Waals surface area (Å²) in [5, 5.41) is 3.38. The fourth-order valence-corrected chi connectivity index (χ4v) is 3.09. The van der Waals surface area contributed by atoms with Crippen molar-refractivity contribution in [1.29, 1.82) is 0 Å². The van der Waals surface area contributed by atoms with Crippen LogP contribution in [0.15, 0.2) is 0 Å². The van der Waals surface area contributed by atoms with E-state index in [1.165, 1.54) is 19.3 Å². The van der Waals surface area contributed by atoms with Crippen molar-refractivity contribution in [2.75, 3.05) is 26.2 Å². The van der Waals surface area contributed by atoms with Crippen LogP contribution in [0.4, 0.5) is 0 Å². The molecule has 1 amide bonds. The molecule has 17 heavy (non-hydrogen) atoms. The number of carbonyl (C=O) groups is 1. The van der Waals surface area contributed by atoms with E-state index in [4.69, 9.17) is 0 Å². The Kier molecular flexibility index (Phi) is 4.43. The van der Waals surface area contributed by atoms with Crippen LogP contribution in [0.1, 0.15) is 39.5 Å². The van der Waals surface area contributed by atoms with Gasteiger partial charge >= 0.3 is 0 Å². The number of hydrogen-bond donors (Lipinski definition) is 1. The molecule has 0 spiro atoms. The molecule has 0 aromatic carbocycles. The maximum Gasteiger partial charge on any atom is 0.226 e. The van der Waals surface area contributed by atoms with Gasteiger partial charge in [0, 0.05) is 19.6 Å². The van der Waals surface area contributed by atoms with E-state index >= 15 is 0 Å². The van der Waals surface area contributed by atoms with Gasteiger partial charge in [-0.05, 0) is 44.1 Å². The number of amides is 1. The third-order valence-corrected chi connectivity index (χ3v) is 4.25. The molecule has 98 valence electrons. The monoisotopic (exact) mass is 238 g/mol. The van der Waals surface area contributed by atoms with Crippen LogP contribution in [-0.2, 0) is 4.79 Å². The van der Waals surface area contributed by atoms with E-state index in [1.807, 2.05) is 0 Å². The molecule has 0 bridgehead atoms. The Balaban J connectivity index is 1.89. The summed E-state index contributed by atoms with van der Waals surface area (Å²) in [7, 11) is 0. The molecule has 3 unspecified atom stereocenters. The first kappa shape index (κ1) is 12.9. The van der Waals surface area contributed by atoms with E-state index in [-0.39, 0.29) is 5.92 Å². The molecule has 2 rings (SSSR count). The maximum atomic E-state index is 12.4. The third-order valence-electron chi connectivity index (χ3n) is 4.25. The van der Waals surface area contributed by atoms with Gasteiger partial charge in [0.25, 0.3) is 0 Å². The minimum atomic E-state index is 0.229. The number of piperidine rings is 1. The van der Waals surface area contributed by atoms with Gasteiger partial charge in [0.1, 0.15) is 0 Å². The molecule has 3 atom stereocenters. The Labute approximate surface area is 105 Å². The highest BCUT2D eigenvalue weighted by atomic mass is 16.2. The molecular weight excluding hydrogens is 212 g/mol. The van der Waals surface area contributed by atoms with Crippen molar-refractivity contribution in [1.82, 2.24) is 10.2 Å². The van der Waals surface area contributed by atoms with E-state index in [9.17, 15) is 4.79 Å². The molecule has 0 aromatic rings. The highest BCUT2D eigenvalue weighted by molar-refractivity contribution is 5.79. The number of carbonyl (C=O) groups excluding carboxylic acids is 1. The van der Waals surface area contributed by atoms with Gasteiger partial charge in [0.2, 0.25) is 5.91 Å². The third kappa shape index (κ3) is 3.44. The lowest BCUT2D eigenvalue weighted by atomic mass is 9.91. The quantitative estimate of drug-likeness (QED) is 0.756. The zero-order valence-corrected chi connectivity index (χ0v) is 11.2. The average Bonchev–Trinajstić information content (AvgIpc) is 2.53. The van der Waals surface area contributed by atoms with Crippen molar-refractivity contribution in [3.63, 3.8) is 0 Å². The van der Waals surface area contributed by atoms with Crippen molar-refractivity contribution in [3.05, 3.63) is 0 Å². The predicted molar refractivity (Wildman–Crippen MR) is 69.7 cm³/mol.